The Bertz CT molecular complexity index is 1100. The van der Waals surface area contributed by atoms with Crippen LogP contribution in [0.4, 0.5) is 11.4 Å². The largest absolute Gasteiger partial charge is 0.324 e. The van der Waals surface area contributed by atoms with Crippen LogP contribution < -0.4 is 10.2 Å². The first-order chi connectivity index (χ1) is 14.1. The van der Waals surface area contributed by atoms with Gasteiger partial charge in [0.05, 0.1) is 22.5 Å². The number of amides is 3. The molecule has 1 N–H and O–H groups in total. The lowest BCUT2D eigenvalue weighted by Gasteiger charge is -2.36. The second-order valence-corrected chi connectivity index (χ2v) is 8.54. The number of carbonyl (C=O) groups excluding carboxylic acids is 3. The van der Waals surface area contributed by atoms with Gasteiger partial charge in [-0.1, -0.05) is 41.9 Å². The molecule has 6 rings (SSSR count). The average Bonchev–Trinajstić information content (AvgIpc) is 3.41. The summed E-state index contributed by atoms with van der Waals surface area (Å²) in [5, 5.41) is 3.32. The van der Waals surface area contributed by atoms with Crippen LogP contribution in [0.1, 0.15) is 18.4 Å². The number of fused-ring (bicyclic) bond motifs is 7. The Balaban J connectivity index is 1.58. The molecule has 3 fully saturated rings. The van der Waals surface area contributed by atoms with Crippen molar-refractivity contribution in [1.82, 2.24) is 4.90 Å². The molecule has 3 amide bonds. The summed E-state index contributed by atoms with van der Waals surface area (Å²) in [7, 11) is 0. The third-order valence-corrected chi connectivity index (χ3v) is 7.31. The quantitative estimate of drug-likeness (QED) is 0.738. The first-order valence-electron chi connectivity index (χ1n) is 9.87. The molecule has 4 unspecified atom stereocenters. The van der Waals surface area contributed by atoms with Crippen LogP contribution in [0.3, 0.4) is 0 Å². The van der Waals surface area contributed by atoms with Crippen molar-refractivity contribution in [2.75, 3.05) is 16.8 Å². The summed E-state index contributed by atoms with van der Waals surface area (Å²) in [5.41, 5.74) is 0.780. The van der Waals surface area contributed by atoms with Crippen molar-refractivity contribution in [3.05, 3.63) is 59.1 Å². The van der Waals surface area contributed by atoms with Crippen LogP contribution in [0.15, 0.2) is 48.5 Å². The number of hydrogen-bond donors (Lipinski definition) is 1. The molecule has 0 aliphatic carbocycles. The molecule has 4 aliphatic rings. The number of imide groups is 1. The van der Waals surface area contributed by atoms with E-state index in [9.17, 15) is 14.4 Å². The van der Waals surface area contributed by atoms with E-state index in [1.165, 1.54) is 4.90 Å². The standard InChI is InChI=1S/C22H18ClN3O3/c23-13-7-2-4-9-15(13)26-19(27)17-16-10-5-11-25(16)22(18(17)20(26)28)12-6-1-3-8-14(12)24-21(22)29/h1-4,6-9,16-18H,5,10-11H2,(H,24,29). The van der Waals surface area contributed by atoms with E-state index in [0.717, 1.165) is 24.1 Å². The van der Waals surface area contributed by atoms with Crippen LogP contribution in [-0.2, 0) is 19.9 Å². The maximum atomic E-state index is 13.7. The minimum Gasteiger partial charge on any atom is -0.324 e. The number of para-hydroxylation sites is 2. The van der Waals surface area contributed by atoms with E-state index in [1.54, 1.807) is 24.3 Å². The molecule has 0 radical (unpaired) electrons. The maximum Gasteiger partial charge on any atom is 0.250 e. The lowest BCUT2D eigenvalue weighted by atomic mass is 9.75. The highest BCUT2D eigenvalue weighted by atomic mass is 35.5. The molecule has 0 aromatic heterocycles. The van der Waals surface area contributed by atoms with E-state index in [2.05, 4.69) is 10.2 Å². The molecule has 4 heterocycles. The molecule has 2 aromatic carbocycles. The fraction of sp³-hybridized carbons (Fsp3) is 0.318. The SMILES string of the molecule is O=C1C2C3CCCN3C3(C(=O)Nc4ccccc43)C2C(=O)N1c1ccccc1Cl. The van der Waals surface area contributed by atoms with Gasteiger partial charge in [-0.15, -0.1) is 0 Å². The smallest absolute Gasteiger partial charge is 0.250 e. The molecule has 4 atom stereocenters. The number of halogens is 1. The van der Waals surface area contributed by atoms with Crippen LogP contribution in [0.2, 0.25) is 5.02 Å². The van der Waals surface area contributed by atoms with Crippen molar-refractivity contribution >= 4 is 40.7 Å². The van der Waals surface area contributed by atoms with Gasteiger partial charge in [0.1, 0.15) is 5.54 Å². The van der Waals surface area contributed by atoms with Gasteiger partial charge < -0.3 is 5.32 Å². The van der Waals surface area contributed by atoms with Gasteiger partial charge >= 0.3 is 0 Å². The zero-order chi connectivity index (χ0) is 19.9. The summed E-state index contributed by atoms with van der Waals surface area (Å²) in [6.45, 7) is 0.700. The van der Waals surface area contributed by atoms with E-state index in [0.29, 0.717) is 17.3 Å². The van der Waals surface area contributed by atoms with Gasteiger partial charge in [-0.3, -0.25) is 19.3 Å². The fourth-order valence-corrected chi connectivity index (χ4v) is 6.25. The van der Waals surface area contributed by atoms with Crippen molar-refractivity contribution in [3.8, 4) is 0 Å². The summed E-state index contributed by atoms with van der Waals surface area (Å²) in [6.07, 6.45) is 1.70. The molecule has 4 aliphatic heterocycles. The lowest BCUT2D eigenvalue weighted by molar-refractivity contribution is -0.135. The first kappa shape index (κ1) is 17.2. The highest BCUT2D eigenvalue weighted by Crippen LogP contribution is 2.60. The molecule has 1 spiro atoms. The molecular weight excluding hydrogens is 390 g/mol. The van der Waals surface area contributed by atoms with Crippen molar-refractivity contribution in [1.29, 1.82) is 0 Å². The van der Waals surface area contributed by atoms with Gasteiger partial charge in [0, 0.05) is 17.3 Å². The average molecular weight is 408 g/mol. The number of anilines is 2. The Kier molecular flexibility index (Phi) is 3.36. The van der Waals surface area contributed by atoms with Crippen molar-refractivity contribution in [2.24, 2.45) is 11.8 Å². The molecule has 0 saturated carbocycles. The first-order valence-corrected chi connectivity index (χ1v) is 10.2. The second-order valence-electron chi connectivity index (χ2n) is 8.14. The number of nitrogens with zero attached hydrogens (tertiary/aromatic N) is 2. The summed E-state index contributed by atoms with van der Waals surface area (Å²) < 4.78 is 0. The van der Waals surface area contributed by atoms with Crippen LogP contribution in [0.25, 0.3) is 0 Å². The van der Waals surface area contributed by atoms with Gasteiger partial charge in [-0.05, 0) is 37.6 Å². The van der Waals surface area contributed by atoms with Crippen LogP contribution in [0.5, 0.6) is 0 Å². The van der Waals surface area contributed by atoms with Crippen LogP contribution in [0, 0.1) is 11.8 Å². The predicted octanol–water partition coefficient (Wildman–Crippen LogP) is 2.77. The summed E-state index contributed by atoms with van der Waals surface area (Å²) in [4.78, 5) is 44.0. The Hall–Kier alpha value is -2.70. The summed E-state index contributed by atoms with van der Waals surface area (Å²) >= 11 is 6.33. The second kappa shape index (κ2) is 5.68. The predicted molar refractivity (Wildman–Crippen MR) is 107 cm³/mol. The zero-order valence-corrected chi connectivity index (χ0v) is 16.2. The van der Waals surface area contributed by atoms with Crippen molar-refractivity contribution in [3.63, 3.8) is 0 Å². The monoisotopic (exact) mass is 407 g/mol. The van der Waals surface area contributed by atoms with E-state index < -0.39 is 17.4 Å². The Morgan fingerprint density at radius 1 is 1.00 bits per heavy atom. The normalized spacial score (nSPS) is 32.7. The molecule has 3 saturated heterocycles. The van der Waals surface area contributed by atoms with Gasteiger partial charge in [-0.2, -0.15) is 0 Å². The van der Waals surface area contributed by atoms with E-state index in [1.807, 2.05) is 24.3 Å². The topological polar surface area (TPSA) is 69.7 Å². The lowest BCUT2D eigenvalue weighted by Crippen LogP contribution is -2.54. The maximum absolute atomic E-state index is 13.7. The minimum atomic E-state index is -1.13. The number of hydrogen-bond acceptors (Lipinski definition) is 4. The van der Waals surface area contributed by atoms with Gasteiger partial charge in [0.15, 0.2) is 0 Å². The molecule has 146 valence electrons. The highest BCUT2D eigenvalue weighted by Gasteiger charge is 2.74. The van der Waals surface area contributed by atoms with Gasteiger partial charge in [0.2, 0.25) is 17.7 Å². The van der Waals surface area contributed by atoms with Gasteiger partial charge in [0.25, 0.3) is 0 Å². The number of nitrogens with one attached hydrogen (secondary N) is 1. The Labute approximate surface area is 172 Å². The third-order valence-electron chi connectivity index (χ3n) is 6.99. The summed E-state index contributed by atoms with van der Waals surface area (Å²) in [5.74, 6) is -2.09. The van der Waals surface area contributed by atoms with Crippen molar-refractivity contribution in [2.45, 2.75) is 24.4 Å². The van der Waals surface area contributed by atoms with E-state index in [-0.39, 0.29) is 23.8 Å². The molecule has 6 nitrogen and oxygen atoms in total. The molecule has 7 heteroatoms. The number of benzene rings is 2. The Morgan fingerprint density at radius 3 is 2.59 bits per heavy atom. The zero-order valence-electron chi connectivity index (χ0n) is 15.5. The third kappa shape index (κ3) is 1.89. The van der Waals surface area contributed by atoms with Crippen LogP contribution in [-0.4, -0.2) is 35.2 Å². The fourth-order valence-electron chi connectivity index (χ4n) is 6.03. The van der Waals surface area contributed by atoms with E-state index >= 15 is 0 Å². The molecular formula is C22H18ClN3O3. The number of carbonyl (C=O) groups is 3. The minimum absolute atomic E-state index is 0.124. The Morgan fingerprint density at radius 2 is 1.76 bits per heavy atom. The molecule has 29 heavy (non-hydrogen) atoms. The highest BCUT2D eigenvalue weighted by molar-refractivity contribution is 6.36. The molecule has 2 aromatic rings. The van der Waals surface area contributed by atoms with Gasteiger partial charge in [-0.25, -0.2) is 4.90 Å². The number of rotatable bonds is 1. The molecule has 0 bridgehead atoms. The van der Waals surface area contributed by atoms with Crippen LogP contribution >= 0.6 is 11.6 Å². The van der Waals surface area contributed by atoms with Crippen molar-refractivity contribution < 1.29 is 14.4 Å². The van der Waals surface area contributed by atoms with E-state index in [4.69, 9.17) is 11.6 Å². The summed E-state index contributed by atoms with van der Waals surface area (Å²) in [6, 6.07) is 14.2.